The Morgan fingerprint density at radius 1 is 1.11 bits per heavy atom. The zero-order valence-electron chi connectivity index (χ0n) is 12.9. The molecule has 1 aromatic rings. The molecule has 0 aliphatic heterocycles. The van der Waals surface area contributed by atoms with E-state index in [-0.39, 0.29) is 12.1 Å². The largest absolute Gasteiger partial charge is 0.335 e. The lowest BCUT2D eigenvalue weighted by atomic mass is 9.98. The van der Waals surface area contributed by atoms with Crippen LogP contribution in [0.4, 0.5) is 10.5 Å². The first kappa shape index (κ1) is 15.5. The zero-order valence-corrected chi connectivity index (χ0v) is 12.9. The molecule has 0 saturated carbocycles. The fourth-order valence-electron chi connectivity index (χ4n) is 1.87. The van der Waals surface area contributed by atoms with Crippen molar-refractivity contribution in [3.63, 3.8) is 0 Å². The smallest absolute Gasteiger partial charge is 0.319 e. The molecule has 106 valence electrons. The second-order valence-electron chi connectivity index (χ2n) is 5.82. The highest BCUT2D eigenvalue weighted by Crippen LogP contribution is 2.27. The van der Waals surface area contributed by atoms with Gasteiger partial charge in [-0.25, -0.2) is 4.79 Å². The predicted octanol–water partition coefficient (Wildman–Crippen LogP) is 4.28. The minimum absolute atomic E-state index is 0.127. The molecule has 2 amide bonds. The zero-order chi connectivity index (χ0) is 14.6. The number of nitrogens with one attached hydrogen (secondary N) is 2. The summed E-state index contributed by atoms with van der Waals surface area (Å²) >= 11 is 0. The number of carbonyl (C=O) groups is 1. The third kappa shape index (κ3) is 4.27. The van der Waals surface area contributed by atoms with E-state index >= 15 is 0 Å². The van der Waals surface area contributed by atoms with E-state index in [9.17, 15) is 4.79 Å². The summed E-state index contributed by atoms with van der Waals surface area (Å²) in [6.45, 7) is 12.5. The SMILES string of the molecule is Cc1cccc(C(C)C)c1NC(=O)NC(C)C(C)C. The lowest BCUT2D eigenvalue weighted by Crippen LogP contribution is -2.39. The van der Waals surface area contributed by atoms with Gasteiger partial charge in [0, 0.05) is 11.7 Å². The van der Waals surface area contributed by atoms with E-state index < -0.39 is 0 Å². The van der Waals surface area contributed by atoms with Gasteiger partial charge in [-0.2, -0.15) is 0 Å². The van der Waals surface area contributed by atoms with Crippen LogP contribution in [0.25, 0.3) is 0 Å². The molecule has 0 heterocycles. The summed E-state index contributed by atoms with van der Waals surface area (Å²) in [6.07, 6.45) is 0. The van der Waals surface area contributed by atoms with E-state index in [1.807, 2.05) is 26.0 Å². The topological polar surface area (TPSA) is 41.1 Å². The molecule has 2 N–H and O–H groups in total. The Morgan fingerprint density at radius 3 is 2.26 bits per heavy atom. The average Bonchev–Trinajstić information content (AvgIpc) is 2.31. The molecule has 1 unspecified atom stereocenters. The van der Waals surface area contributed by atoms with Crippen LogP contribution in [0.1, 0.15) is 51.7 Å². The van der Waals surface area contributed by atoms with Crippen molar-refractivity contribution in [2.45, 2.75) is 53.5 Å². The van der Waals surface area contributed by atoms with E-state index in [1.165, 1.54) is 5.56 Å². The predicted molar refractivity (Wildman–Crippen MR) is 81.7 cm³/mol. The highest BCUT2D eigenvalue weighted by Gasteiger charge is 2.14. The minimum atomic E-state index is -0.127. The molecule has 0 fully saturated rings. The summed E-state index contributed by atoms with van der Waals surface area (Å²) in [5, 5.41) is 5.97. The van der Waals surface area contributed by atoms with E-state index in [1.54, 1.807) is 0 Å². The van der Waals surface area contributed by atoms with Gasteiger partial charge in [0.05, 0.1) is 0 Å². The third-order valence-corrected chi connectivity index (χ3v) is 3.52. The van der Waals surface area contributed by atoms with Crippen molar-refractivity contribution in [2.75, 3.05) is 5.32 Å². The Morgan fingerprint density at radius 2 is 1.74 bits per heavy atom. The molecule has 0 aliphatic carbocycles. The molecular weight excluding hydrogens is 236 g/mol. The summed E-state index contributed by atoms with van der Waals surface area (Å²) in [6, 6.07) is 6.15. The number of benzene rings is 1. The molecule has 1 aromatic carbocycles. The number of rotatable bonds is 4. The molecule has 3 nitrogen and oxygen atoms in total. The second-order valence-corrected chi connectivity index (χ2v) is 5.82. The Hall–Kier alpha value is -1.51. The standard InChI is InChI=1S/C16H26N2O/c1-10(2)13(6)17-16(19)18-15-12(5)8-7-9-14(15)11(3)4/h7-11,13H,1-6H3,(H2,17,18,19). The lowest BCUT2D eigenvalue weighted by molar-refractivity contribution is 0.246. The first-order valence-corrected chi connectivity index (χ1v) is 7.00. The van der Waals surface area contributed by atoms with Crippen LogP contribution in [0.3, 0.4) is 0 Å². The van der Waals surface area contributed by atoms with Gasteiger partial charge in [0.25, 0.3) is 0 Å². The third-order valence-electron chi connectivity index (χ3n) is 3.52. The molecule has 1 rings (SSSR count). The Balaban J connectivity index is 2.85. The number of para-hydroxylation sites is 1. The van der Waals surface area contributed by atoms with Crippen LogP contribution < -0.4 is 10.6 Å². The number of anilines is 1. The summed E-state index contributed by atoms with van der Waals surface area (Å²) in [5.74, 6) is 0.810. The van der Waals surface area contributed by atoms with Crippen molar-refractivity contribution in [3.8, 4) is 0 Å². The van der Waals surface area contributed by atoms with Crippen molar-refractivity contribution >= 4 is 11.7 Å². The van der Waals surface area contributed by atoms with Gasteiger partial charge in [-0.3, -0.25) is 0 Å². The summed E-state index contributed by atoms with van der Waals surface area (Å²) in [7, 11) is 0. The highest BCUT2D eigenvalue weighted by molar-refractivity contribution is 5.91. The fraction of sp³-hybridized carbons (Fsp3) is 0.562. The van der Waals surface area contributed by atoms with Crippen LogP contribution in [0, 0.1) is 12.8 Å². The Bertz CT molecular complexity index is 438. The molecule has 0 aliphatic rings. The van der Waals surface area contributed by atoms with Gasteiger partial charge < -0.3 is 10.6 Å². The van der Waals surface area contributed by atoms with Gasteiger partial charge in [0.2, 0.25) is 0 Å². The number of urea groups is 1. The molecule has 0 spiro atoms. The average molecular weight is 262 g/mol. The monoisotopic (exact) mass is 262 g/mol. The van der Waals surface area contributed by atoms with Crippen molar-refractivity contribution in [1.82, 2.24) is 5.32 Å². The number of hydrogen-bond acceptors (Lipinski definition) is 1. The van der Waals surface area contributed by atoms with E-state index in [0.29, 0.717) is 11.8 Å². The molecule has 0 aromatic heterocycles. The first-order chi connectivity index (χ1) is 8.82. The molecule has 0 bridgehead atoms. The van der Waals surface area contributed by atoms with Gasteiger partial charge >= 0.3 is 6.03 Å². The molecule has 3 heteroatoms. The molecule has 0 radical (unpaired) electrons. The van der Waals surface area contributed by atoms with Crippen molar-refractivity contribution in [3.05, 3.63) is 29.3 Å². The van der Waals surface area contributed by atoms with E-state index in [0.717, 1.165) is 11.3 Å². The van der Waals surface area contributed by atoms with Crippen LogP contribution in [0.2, 0.25) is 0 Å². The molecule has 0 saturated heterocycles. The van der Waals surface area contributed by atoms with Crippen LogP contribution in [0.15, 0.2) is 18.2 Å². The van der Waals surface area contributed by atoms with Gasteiger partial charge in [-0.15, -0.1) is 0 Å². The summed E-state index contributed by atoms with van der Waals surface area (Å²) in [5.41, 5.74) is 3.21. The van der Waals surface area contributed by atoms with Crippen molar-refractivity contribution < 1.29 is 4.79 Å². The number of hydrogen-bond donors (Lipinski definition) is 2. The highest BCUT2D eigenvalue weighted by atomic mass is 16.2. The first-order valence-electron chi connectivity index (χ1n) is 7.00. The molecular formula is C16H26N2O. The fourth-order valence-corrected chi connectivity index (χ4v) is 1.87. The molecule has 19 heavy (non-hydrogen) atoms. The maximum absolute atomic E-state index is 12.0. The maximum Gasteiger partial charge on any atom is 0.319 e. The van der Waals surface area contributed by atoms with E-state index in [4.69, 9.17) is 0 Å². The van der Waals surface area contributed by atoms with Crippen LogP contribution >= 0.6 is 0 Å². The summed E-state index contributed by atoms with van der Waals surface area (Å²) in [4.78, 5) is 12.0. The minimum Gasteiger partial charge on any atom is -0.335 e. The molecule has 1 atom stereocenters. The van der Waals surface area contributed by atoms with Gasteiger partial charge in [0.15, 0.2) is 0 Å². The van der Waals surface area contributed by atoms with Crippen LogP contribution in [0.5, 0.6) is 0 Å². The van der Waals surface area contributed by atoms with Gasteiger partial charge in [-0.05, 0) is 36.8 Å². The Kier molecular flexibility index (Phi) is 5.40. The normalized spacial score (nSPS) is 12.6. The van der Waals surface area contributed by atoms with Crippen LogP contribution in [-0.4, -0.2) is 12.1 Å². The van der Waals surface area contributed by atoms with Crippen LogP contribution in [-0.2, 0) is 0 Å². The van der Waals surface area contributed by atoms with Crippen molar-refractivity contribution in [2.24, 2.45) is 5.92 Å². The quantitative estimate of drug-likeness (QED) is 0.835. The number of carbonyl (C=O) groups excluding carboxylic acids is 1. The lowest BCUT2D eigenvalue weighted by Gasteiger charge is -2.20. The number of aryl methyl sites for hydroxylation is 1. The van der Waals surface area contributed by atoms with Crippen molar-refractivity contribution in [1.29, 1.82) is 0 Å². The maximum atomic E-state index is 12.0. The summed E-state index contributed by atoms with van der Waals surface area (Å²) < 4.78 is 0. The van der Waals surface area contributed by atoms with Gasteiger partial charge in [-0.1, -0.05) is 45.9 Å². The Labute approximate surface area is 116 Å². The second kappa shape index (κ2) is 6.60. The number of amides is 2. The van der Waals surface area contributed by atoms with E-state index in [2.05, 4.69) is 44.4 Å². The van der Waals surface area contributed by atoms with Gasteiger partial charge in [0.1, 0.15) is 0 Å².